The number of hydrogen-bond acceptors (Lipinski definition) is 10. The summed E-state index contributed by atoms with van der Waals surface area (Å²) >= 11 is 7.96. The summed E-state index contributed by atoms with van der Waals surface area (Å²) in [6.07, 6.45) is 3.82. The van der Waals surface area contributed by atoms with Crippen molar-refractivity contribution in [1.29, 1.82) is 5.26 Å². The number of alkyl halides is 1. The van der Waals surface area contributed by atoms with Crippen molar-refractivity contribution in [3.8, 4) is 29.0 Å². The maximum atomic E-state index is 17.3. The number of aromatic nitrogens is 2. The van der Waals surface area contributed by atoms with Crippen LogP contribution in [0.5, 0.6) is 11.8 Å². The lowest BCUT2D eigenvalue weighted by Crippen LogP contribution is -2.44. The summed E-state index contributed by atoms with van der Waals surface area (Å²) < 4.78 is 59.6. The normalized spacial score (nSPS) is 25.0. The van der Waals surface area contributed by atoms with Crippen molar-refractivity contribution in [1.82, 2.24) is 20.2 Å². The number of benzene rings is 2. The number of amides is 1. The Labute approximate surface area is 295 Å². The van der Waals surface area contributed by atoms with E-state index in [4.69, 9.17) is 31.8 Å². The summed E-state index contributed by atoms with van der Waals surface area (Å²) in [5, 5.41) is 13.2. The molecule has 2 atom stereocenters. The van der Waals surface area contributed by atoms with Gasteiger partial charge in [-0.15, -0.1) is 11.3 Å². The smallest absolute Gasteiger partial charge is 0.319 e. The van der Waals surface area contributed by atoms with E-state index >= 15 is 8.78 Å². The zero-order valence-corrected chi connectivity index (χ0v) is 28.9. The Morgan fingerprint density at radius 1 is 1.24 bits per heavy atom. The van der Waals surface area contributed by atoms with E-state index in [0.29, 0.717) is 51.0 Å². The van der Waals surface area contributed by atoms with Crippen LogP contribution < -0.4 is 25.4 Å². The van der Waals surface area contributed by atoms with Crippen LogP contribution in [-0.4, -0.2) is 78.4 Å². The molecule has 3 N–H and O–H groups in total. The number of fused-ring (bicyclic) bond motifs is 2. The molecule has 262 valence electrons. The fourth-order valence-corrected chi connectivity index (χ4v) is 9.88. The summed E-state index contributed by atoms with van der Waals surface area (Å²) in [5.41, 5.74) is 5.59. The summed E-state index contributed by atoms with van der Waals surface area (Å²) in [6.45, 7) is 1.84. The van der Waals surface area contributed by atoms with E-state index in [1.165, 1.54) is 12.1 Å². The minimum Gasteiger partial charge on any atom is -0.489 e. The third-order valence-electron chi connectivity index (χ3n) is 11.0. The highest BCUT2D eigenvalue weighted by molar-refractivity contribution is 7.23. The average Bonchev–Trinajstić information content (AvgIpc) is 3.71. The number of carbonyl (C=O) groups is 1. The summed E-state index contributed by atoms with van der Waals surface area (Å²) in [6, 6.07) is 4.50. The Morgan fingerprint density at radius 2 is 2.04 bits per heavy atom. The molecule has 5 heterocycles. The number of anilines is 2. The molecular weight excluding hydrogens is 691 g/mol. The number of carbonyl (C=O) groups excluding carboxylic acids is 1. The molecule has 1 saturated carbocycles. The van der Waals surface area contributed by atoms with E-state index in [1.54, 1.807) is 7.05 Å². The molecule has 2 saturated heterocycles. The predicted molar refractivity (Wildman–Crippen MR) is 186 cm³/mol. The molecule has 2 aromatic carbocycles. The highest BCUT2D eigenvalue weighted by atomic mass is 35.5. The number of nitrogens with zero attached hydrogens (tertiary/aromatic N) is 5. The second kappa shape index (κ2) is 12.6. The Balaban J connectivity index is 1.30. The molecule has 4 aromatic rings. The van der Waals surface area contributed by atoms with Gasteiger partial charge in [-0.2, -0.15) is 15.2 Å². The summed E-state index contributed by atoms with van der Waals surface area (Å²) in [5.74, 6) is -0.940. The van der Waals surface area contributed by atoms with Gasteiger partial charge in [0.05, 0.1) is 32.8 Å². The van der Waals surface area contributed by atoms with Gasteiger partial charge >= 0.3 is 6.01 Å². The van der Waals surface area contributed by atoms with Gasteiger partial charge in [0.2, 0.25) is 5.91 Å². The third-order valence-corrected chi connectivity index (χ3v) is 12.4. The lowest BCUT2D eigenvalue weighted by molar-refractivity contribution is -0.125. The zero-order chi connectivity index (χ0) is 34.9. The molecule has 15 heteroatoms. The van der Waals surface area contributed by atoms with Crippen LogP contribution in [0, 0.1) is 28.9 Å². The number of rotatable bonds is 6. The van der Waals surface area contributed by atoms with Gasteiger partial charge in [-0.05, 0) is 56.7 Å². The van der Waals surface area contributed by atoms with E-state index in [9.17, 15) is 14.4 Å². The number of nitrogen functional groups attached to an aromatic ring is 1. The summed E-state index contributed by atoms with van der Waals surface area (Å²) in [7, 11) is 1.64. The molecule has 0 bridgehead atoms. The van der Waals surface area contributed by atoms with Gasteiger partial charge < -0.3 is 25.4 Å². The molecule has 4 aliphatic rings. The van der Waals surface area contributed by atoms with Gasteiger partial charge in [-0.25, -0.2) is 13.2 Å². The van der Waals surface area contributed by atoms with E-state index < -0.39 is 23.3 Å². The second-order valence-corrected chi connectivity index (χ2v) is 15.1. The van der Waals surface area contributed by atoms with E-state index in [0.717, 1.165) is 30.7 Å². The second-order valence-electron chi connectivity index (χ2n) is 13.7. The molecule has 50 heavy (non-hydrogen) atoms. The Morgan fingerprint density at radius 3 is 2.80 bits per heavy atom. The van der Waals surface area contributed by atoms with E-state index in [2.05, 4.69) is 20.1 Å². The van der Waals surface area contributed by atoms with Crippen LogP contribution in [0.15, 0.2) is 12.1 Å². The third kappa shape index (κ3) is 5.19. The van der Waals surface area contributed by atoms with E-state index in [-0.39, 0.29) is 90.5 Å². The highest BCUT2D eigenvalue weighted by Crippen LogP contribution is 2.51. The van der Waals surface area contributed by atoms with Crippen molar-refractivity contribution in [3.05, 3.63) is 34.4 Å². The van der Waals surface area contributed by atoms with Gasteiger partial charge in [-0.1, -0.05) is 17.7 Å². The highest BCUT2D eigenvalue weighted by Gasteiger charge is 2.49. The first-order chi connectivity index (χ1) is 24.1. The van der Waals surface area contributed by atoms with E-state index in [1.807, 2.05) is 6.07 Å². The fourth-order valence-electron chi connectivity index (χ4n) is 8.60. The van der Waals surface area contributed by atoms with Crippen molar-refractivity contribution in [3.63, 3.8) is 0 Å². The van der Waals surface area contributed by atoms with Crippen LogP contribution in [0.4, 0.5) is 24.0 Å². The Hall–Kier alpha value is -4.06. The molecule has 3 aliphatic heterocycles. The van der Waals surface area contributed by atoms with Gasteiger partial charge in [0, 0.05) is 42.9 Å². The van der Waals surface area contributed by atoms with Crippen molar-refractivity contribution >= 4 is 60.7 Å². The van der Waals surface area contributed by atoms with Crippen molar-refractivity contribution in [2.45, 2.75) is 62.7 Å². The first-order valence-electron chi connectivity index (χ1n) is 16.9. The van der Waals surface area contributed by atoms with Gasteiger partial charge in [0.15, 0.2) is 11.6 Å². The number of nitrogens with one attached hydrogen (secondary N) is 1. The quantitative estimate of drug-likeness (QED) is 0.234. The number of halogens is 4. The molecule has 1 aliphatic carbocycles. The first kappa shape index (κ1) is 33.1. The van der Waals surface area contributed by atoms with Crippen LogP contribution in [0.3, 0.4) is 0 Å². The molecule has 0 spiro atoms. The molecule has 10 nitrogen and oxygen atoms in total. The molecule has 0 unspecified atom stereocenters. The molecule has 3 fully saturated rings. The minimum atomic E-state index is -0.958. The predicted octanol–water partition coefficient (Wildman–Crippen LogP) is 6.36. The number of hydrogen-bond donors (Lipinski definition) is 2. The van der Waals surface area contributed by atoms with Crippen LogP contribution in [0.2, 0.25) is 5.02 Å². The van der Waals surface area contributed by atoms with Crippen molar-refractivity contribution in [2.75, 3.05) is 50.5 Å². The lowest BCUT2D eigenvalue weighted by Gasteiger charge is -2.37. The maximum Gasteiger partial charge on any atom is 0.319 e. The average molecular weight is 726 g/mol. The number of nitriles is 1. The fraction of sp³-hybridized carbons (Fsp3) is 0.486. The zero-order valence-electron chi connectivity index (χ0n) is 27.3. The number of thiophene rings is 1. The molecule has 2 aromatic heterocycles. The standard InChI is InChI=1S/C35H35ClF3N7O3S/c1-42-33(47)17-3-5-19(6-4-17)46-11-12-48-29-25-28(43-34(44-32(25)46)49-16-35-9-2-10-45(35)15-18(37)13-35)27(39)24(26(29)36)20-7-8-22(38)30-23(20)21(14-40)31(41)50-30/h7-8,17-19H,2-6,9-13,15-16,41H2,1H3,(H,42,47)/t17?,18-,19?,35+/m1/s1. The SMILES string of the molecule is CNC(=O)C1CCC(N2CCOc3c(Cl)c(-c4ccc(F)c5sc(N)c(C#N)c45)c(F)c4nc(OC[C@@]56CCCN5C[C@H](F)C6)nc2c34)CC1. The minimum absolute atomic E-state index is 0.0130. The van der Waals surface area contributed by atoms with Crippen LogP contribution in [0.25, 0.3) is 32.1 Å². The lowest BCUT2D eigenvalue weighted by atomic mass is 9.84. The monoisotopic (exact) mass is 725 g/mol. The van der Waals surface area contributed by atoms with Crippen LogP contribution >= 0.6 is 22.9 Å². The molecule has 1 amide bonds. The molecular formula is C35H35ClF3N7O3S. The largest absolute Gasteiger partial charge is 0.489 e. The topological polar surface area (TPSA) is 130 Å². The van der Waals surface area contributed by atoms with Crippen molar-refractivity contribution in [2.24, 2.45) is 5.92 Å². The Kier molecular flexibility index (Phi) is 8.35. The first-order valence-corrected chi connectivity index (χ1v) is 18.1. The van der Waals surface area contributed by atoms with Gasteiger partial charge in [-0.3, -0.25) is 9.69 Å². The number of ether oxygens (including phenoxy) is 2. The summed E-state index contributed by atoms with van der Waals surface area (Å²) in [4.78, 5) is 26.1. The van der Waals surface area contributed by atoms with Crippen molar-refractivity contribution < 1.29 is 27.4 Å². The maximum absolute atomic E-state index is 17.3. The Bertz CT molecular complexity index is 2080. The number of nitrogens with two attached hydrogens (primary N) is 1. The van der Waals surface area contributed by atoms with Crippen LogP contribution in [0.1, 0.15) is 50.5 Å². The molecule has 0 radical (unpaired) electrons. The van der Waals surface area contributed by atoms with Crippen LogP contribution in [-0.2, 0) is 4.79 Å². The van der Waals surface area contributed by atoms with Gasteiger partial charge in [0.1, 0.15) is 47.6 Å². The molecule has 8 rings (SSSR count). The van der Waals surface area contributed by atoms with Gasteiger partial charge in [0.25, 0.3) is 0 Å².